The predicted molar refractivity (Wildman–Crippen MR) is 132 cm³/mol. The Morgan fingerprint density at radius 2 is 1.49 bits per heavy atom. The fourth-order valence-electron chi connectivity index (χ4n) is 3.92. The van der Waals surface area contributed by atoms with Crippen LogP contribution in [0.4, 0.5) is 0 Å². The molecule has 0 fully saturated rings. The molecular formula is C28H31NO6. The molecule has 2 aromatic carbocycles. The van der Waals surface area contributed by atoms with Crippen LogP contribution >= 0.6 is 0 Å². The molecule has 0 saturated heterocycles. The summed E-state index contributed by atoms with van der Waals surface area (Å²) in [7, 11) is 3.13. The van der Waals surface area contributed by atoms with E-state index in [1.54, 1.807) is 86.5 Å². The summed E-state index contributed by atoms with van der Waals surface area (Å²) >= 11 is 0. The van der Waals surface area contributed by atoms with Gasteiger partial charge >= 0.3 is 5.97 Å². The lowest BCUT2D eigenvalue weighted by Gasteiger charge is -2.17. The summed E-state index contributed by atoms with van der Waals surface area (Å²) in [5.41, 5.74) is 2.51. The molecule has 1 atom stereocenters. The molecule has 7 heteroatoms. The minimum absolute atomic E-state index is 0.0484. The highest BCUT2D eigenvalue weighted by atomic mass is 16.5. The average Bonchev–Trinajstić information content (AvgIpc) is 3.30. The maximum absolute atomic E-state index is 13.6. The normalized spacial score (nSPS) is 11.5. The topological polar surface area (TPSA) is 83.8 Å². The second-order valence-electron chi connectivity index (χ2n) is 8.07. The van der Waals surface area contributed by atoms with Crippen molar-refractivity contribution in [2.45, 2.75) is 39.2 Å². The van der Waals surface area contributed by atoms with E-state index < -0.39 is 11.9 Å². The Kier molecular flexibility index (Phi) is 8.84. The number of carbonyl (C=O) groups is 3. The third-order valence-electron chi connectivity index (χ3n) is 5.85. The van der Waals surface area contributed by atoms with Crippen LogP contribution in [0.3, 0.4) is 0 Å². The van der Waals surface area contributed by atoms with Crippen molar-refractivity contribution in [1.82, 2.24) is 4.57 Å². The number of aryl methyl sites for hydroxylation is 1. The smallest absolute Gasteiger partial charge is 0.325 e. The van der Waals surface area contributed by atoms with Crippen LogP contribution < -0.4 is 9.47 Å². The molecule has 0 N–H and O–H groups in total. The molecule has 0 aliphatic carbocycles. The van der Waals surface area contributed by atoms with Crippen molar-refractivity contribution in [3.05, 3.63) is 83.2 Å². The van der Waals surface area contributed by atoms with Gasteiger partial charge in [0.25, 0.3) is 0 Å². The van der Waals surface area contributed by atoms with E-state index in [4.69, 9.17) is 14.2 Å². The van der Waals surface area contributed by atoms with E-state index >= 15 is 0 Å². The third-order valence-corrected chi connectivity index (χ3v) is 5.85. The number of rotatable bonds is 12. The summed E-state index contributed by atoms with van der Waals surface area (Å²) in [5, 5.41) is 0. The number of nitrogens with zero attached hydrogens (tertiary/aromatic N) is 1. The minimum atomic E-state index is -0.710. The van der Waals surface area contributed by atoms with Gasteiger partial charge in [0.05, 0.1) is 32.4 Å². The van der Waals surface area contributed by atoms with Gasteiger partial charge in [0, 0.05) is 18.2 Å². The Balaban J connectivity index is 1.95. The SMILES string of the molecule is CCOC(=O)Cn1cc(CC)cc1C(=O)CC(C(=O)c1ccc(OC)cc1)c1ccc(OC)cc1. The van der Waals surface area contributed by atoms with E-state index in [9.17, 15) is 14.4 Å². The molecule has 0 spiro atoms. The number of methoxy groups -OCH3 is 2. The van der Waals surface area contributed by atoms with Crippen LogP contribution in [0.1, 0.15) is 58.2 Å². The summed E-state index contributed by atoms with van der Waals surface area (Å²) in [4.78, 5) is 39.2. The van der Waals surface area contributed by atoms with Crippen molar-refractivity contribution in [3.63, 3.8) is 0 Å². The molecule has 1 unspecified atom stereocenters. The molecule has 0 aliphatic heterocycles. The van der Waals surface area contributed by atoms with Crippen LogP contribution in [0.25, 0.3) is 0 Å². The Labute approximate surface area is 205 Å². The van der Waals surface area contributed by atoms with Crippen molar-refractivity contribution in [3.8, 4) is 11.5 Å². The van der Waals surface area contributed by atoms with E-state index in [0.29, 0.717) is 34.7 Å². The molecule has 0 saturated carbocycles. The molecular weight excluding hydrogens is 446 g/mol. The van der Waals surface area contributed by atoms with Gasteiger partial charge in [0.2, 0.25) is 0 Å². The van der Waals surface area contributed by atoms with Gasteiger partial charge in [-0.3, -0.25) is 14.4 Å². The van der Waals surface area contributed by atoms with Gasteiger partial charge in [-0.1, -0.05) is 19.1 Å². The second kappa shape index (κ2) is 12.0. The van der Waals surface area contributed by atoms with E-state index in [0.717, 1.165) is 5.56 Å². The Morgan fingerprint density at radius 1 is 0.886 bits per heavy atom. The first-order valence-corrected chi connectivity index (χ1v) is 11.6. The number of hydrogen-bond donors (Lipinski definition) is 0. The Hall–Kier alpha value is -3.87. The fourth-order valence-corrected chi connectivity index (χ4v) is 3.92. The van der Waals surface area contributed by atoms with Gasteiger partial charge in [-0.05, 0) is 66.9 Å². The van der Waals surface area contributed by atoms with Crippen LogP contribution in [-0.2, 0) is 22.5 Å². The van der Waals surface area contributed by atoms with Crippen LogP contribution in [0.5, 0.6) is 11.5 Å². The zero-order chi connectivity index (χ0) is 25.4. The van der Waals surface area contributed by atoms with Crippen LogP contribution in [0, 0.1) is 0 Å². The summed E-state index contributed by atoms with van der Waals surface area (Å²) in [6.07, 6.45) is 2.45. The lowest BCUT2D eigenvalue weighted by atomic mass is 9.86. The Morgan fingerprint density at radius 3 is 2.03 bits per heavy atom. The summed E-state index contributed by atoms with van der Waals surface area (Å²) in [6.45, 7) is 3.92. The maximum atomic E-state index is 13.6. The minimum Gasteiger partial charge on any atom is -0.497 e. The zero-order valence-corrected chi connectivity index (χ0v) is 20.6. The Bertz CT molecular complexity index is 1160. The maximum Gasteiger partial charge on any atom is 0.325 e. The molecule has 0 bridgehead atoms. The lowest BCUT2D eigenvalue weighted by molar-refractivity contribution is -0.143. The first kappa shape index (κ1) is 25.7. The number of esters is 1. The number of hydrogen-bond acceptors (Lipinski definition) is 6. The van der Waals surface area contributed by atoms with Crippen molar-refractivity contribution in [2.75, 3.05) is 20.8 Å². The monoisotopic (exact) mass is 477 g/mol. The summed E-state index contributed by atoms with van der Waals surface area (Å²) < 4.78 is 17.1. The highest BCUT2D eigenvalue weighted by Crippen LogP contribution is 2.29. The van der Waals surface area contributed by atoms with Crippen molar-refractivity contribution < 1.29 is 28.6 Å². The van der Waals surface area contributed by atoms with Crippen molar-refractivity contribution in [2.24, 2.45) is 0 Å². The fraction of sp³-hybridized carbons (Fsp3) is 0.321. The van der Waals surface area contributed by atoms with Gasteiger partial charge in [-0.25, -0.2) is 0 Å². The first-order chi connectivity index (χ1) is 16.9. The molecule has 1 aromatic heterocycles. The number of aromatic nitrogens is 1. The van der Waals surface area contributed by atoms with Gasteiger partial charge in [0.15, 0.2) is 11.6 Å². The number of benzene rings is 2. The molecule has 184 valence electrons. The van der Waals surface area contributed by atoms with Gasteiger partial charge in [0.1, 0.15) is 18.0 Å². The van der Waals surface area contributed by atoms with Crippen molar-refractivity contribution >= 4 is 17.5 Å². The van der Waals surface area contributed by atoms with Crippen LogP contribution in [-0.4, -0.2) is 42.9 Å². The van der Waals surface area contributed by atoms with Gasteiger partial charge in [-0.15, -0.1) is 0 Å². The summed E-state index contributed by atoms with van der Waals surface area (Å²) in [6, 6.07) is 15.8. The van der Waals surface area contributed by atoms with E-state index in [-0.39, 0.29) is 31.1 Å². The third kappa shape index (κ3) is 6.38. The molecule has 35 heavy (non-hydrogen) atoms. The first-order valence-electron chi connectivity index (χ1n) is 11.6. The van der Waals surface area contributed by atoms with E-state index in [1.807, 2.05) is 6.92 Å². The van der Waals surface area contributed by atoms with Gasteiger partial charge < -0.3 is 18.8 Å². The van der Waals surface area contributed by atoms with Crippen LogP contribution in [0.2, 0.25) is 0 Å². The largest absolute Gasteiger partial charge is 0.497 e. The summed E-state index contributed by atoms with van der Waals surface area (Å²) in [5.74, 6) is -0.227. The molecule has 3 rings (SSSR count). The number of ketones is 2. The number of Topliss-reactive ketones (excluding diaryl/α,β-unsaturated/α-hetero) is 2. The van der Waals surface area contributed by atoms with Crippen molar-refractivity contribution in [1.29, 1.82) is 0 Å². The molecule has 3 aromatic rings. The highest BCUT2D eigenvalue weighted by Gasteiger charge is 2.27. The second-order valence-corrected chi connectivity index (χ2v) is 8.07. The molecule has 1 heterocycles. The van der Waals surface area contributed by atoms with Crippen LogP contribution in [0.15, 0.2) is 60.8 Å². The number of ether oxygens (including phenoxy) is 3. The van der Waals surface area contributed by atoms with E-state index in [1.165, 1.54) is 0 Å². The molecule has 0 aliphatic rings. The quantitative estimate of drug-likeness (QED) is 0.273. The average molecular weight is 478 g/mol. The zero-order valence-electron chi connectivity index (χ0n) is 20.6. The molecule has 0 amide bonds. The van der Waals surface area contributed by atoms with Gasteiger partial charge in [-0.2, -0.15) is 0 Å². The predicted octanol–water partition coefficient (Wildman–Crippen LogP) is 4.87. The molecule has 7 nitrogen and oxygen atoms in total. The molecule has 0 radical (unpaired) electrons. The highest BCUT2D eigenvalue weighted by molar-refractivity contribution is 6.06. The number of carbonyl (C=O) groups excluding carboxylic acids is 3. The van der Waals surface area contributed by atoms with E-state index in [2.05, 4.69) is 0 Å². The lowest BCUT2D eigenvalue weighted by Crippen LogP contribution is -2.21. The standard InChI is InChI=1S/C28H31NO6/c1-5-19-15-25(29(17-19)18-27(31)35-6-2)26(30)16-24(20-7-11-22(33-3)12-8-20)28(32)21-9-13-23(34-4)14-10-21/h7-15,17,24H,5-6,16,18H2,1-4H3.